The number of ether oxygens (including phenoxy) is 3. The molecule has 1 aliphatic heterocycles. The molecule has 0 saturated carbocycles. The molecule has 0 fully saturated rings. The topological polar surface area (TPSA) is 87.8 Å². The minimum atomic E-state index is -0.374. The Morgan fingerprint density at radius 1 is 1.06 bits per heavy atom. The van der Waals surface area contributed by atoms with Crippen molar-refractivity contribution in [2.45, 2.75) is 39.2 Å². The number of fused-ring (bicyclic) bond motifs is 3. The van der Waals surface area contributed by atoms with Crippen molar-refractivity contribution in [2.75, 3.05) is 7.11 Å². The molecule has 36 heavy (non-hydrogen) atoms. The normalized spacial score (nSPS) is 18.4. The zero-order valence-corrected chi connectivity index (χ0v) is 20.4. The predicted molar refractivity (Wildman–Crippen MR) is 132 cm³/mol. The number of benzene rings is 2. The van der Waals surface area contributed by atoms with Gasteiger partial charge in [-0.2, -0.15) is 0 Å². The van der Waals surface area contributed by atoms with Crippen molar-refractivity contribution in [1.29, 1.82) is 0 Å². The number of rotatable bonds is 5. The van der Waals surface area contributed by atoms with Gasteiger partial charge in [-0.1, -0.05) is 44.2 Å². The van der Waals surface area contributed by atoms with E-state index in [9.17, 15) is 4.79 Å². The van der Waals surface area contributed by atoms with Crippen LogP contribution >= 0.6 is 0 Å². The Labute approximate surface area is 208 Å². The van der Waals surface area contributed by atoms with Crippen LogP contribution in [-0.4, -0.2) is 32.5 Å². The third-order valence-electron chi connectivity index (χ3n) is 6.67. The number of methoxy groups -OCH3 is 1. The molecule has 0 spiro atoms. The monoisotopic (exact) mass is 482 g/mol. The summed E-state index contributed by atoms with van der Waals surface area (Å²) in [4.78, 5) is 22.9. The molecule has 182 valence electrons. The van der Waals surface area contributed by atoms with Crippen LogP contribution in [0.2, 0.25) is 0 Å². The summed E-state index contributed by atoms with van der Waals surface area (Å²) in [5.41, 5.74) is 2.76. The summed E-state index contributed by atoms with van der Waals surface area (Å²) in [5, 5.41) is 4.58. The summed E-state index contributed by atoms with van der Waals surface area (Å²) in [6.45, 7) is 4.38. The van der Waals surface area contributed by atoms with E-state index in [1.165, 1.54) is 0 Å². The second kappa shape index (κ2) is 8.48. The molecule has 0 N–H and O–H groups in total. The molecule has 0 amide bonds. The number of nitrogens with zero attached hydrogens (tertiary/aromatic N) is 4. The van der Waals surface area contributed by atoms with Gasteiger partial charge in [0, 0.05) is 24.3 Å². The molecule has 0 saturated heterocycles. The maximum Gasteiger partial charge on any atom is 0.228 e. The van der Waals surface area contributed by atoms with Gasteiger partial charge in [0.1, 0.15) is 30.2 Å². The summed E-state index contributed by atoms with van der Waals surface area (Å²) in [7, 11) is 1.63. The lowest BCUT2D eigenvalue weighted by atomic mass is 9.70. The molecule has 1 aliphatic carbocycles. The first-order valence-electron chi connectivity index (χ1n) is 11.9. The zero-order valence-electron chi connectivity index (χ0n) is 20.4. The van der Waals surface area contributed by atoms with Crippen molar-refractivity contribution in [1.82, 2.24) is 19.6 Å². The standard InChI is InChI=1S/C28H26N4O4/c1-28(2)13-20(33)24-21(14-28)36-27-25(23(24)17-9-11-18(34-3)12-10-17)26-30-22(31-32(26)16-29-27)15-35-19-7-5-4-6-8-19/h4-12,16,23H,13-15H2,1-3H3. The predicted octanol–water partition coefficient (Wildman–Crippen LogP) is 4.88. The summed E-state index contributed by atoms with van der Waals surface area (Å²) in [6, 6.07) is 17.3. The fourth-order valence-electron chi connectivity index (χ4n) is 5.05. The van der Waals surface area contributed by atoms with E-state index < -0.39 is 0 Å². The Morgan fingerprint density at radius 3 is 2.58 bits per heavy atom. The van der Waals surface area contributed by atoms with Crippen LogP contribution < -0.4 is 14.2 Å². The van der Waals surface area contributed by atoms with Gasteiger partial charge >= 0.3 is 0 Å². The van der Waals surface area contributed by atoms with E-state index in [1.54, 1.807) is 18.0 Å². The molecule has 6 rings (SSSR count). The highest BCUT2D eigenvalue weighted by Gasteiger charge is 2.44. The number of Topliss-reactive ketones (excluding diaryl/α,β-unsaturated/α-hetero) is 1. The zero-order chi connectivity index (χ0) is 24.9. The van der Waals surface area contributed by atoms with Gasteiger partial charge in [-0.15, -0.1) is 5.10 Å². The summed E-state index contributed by atoms with van der Waals surface area (Å²) in [6.07, 6.45) is 2.71. The number of carbonyl (C=O) groups excluding carboxylic acids is 1. The number of aromatic nitrogens is 4. The number of hydrogen-bond acceptors (Lipinski definition) is 7. The lowest BCUT2D eigenvalue weighted by Crippen LogP contribution is -2.33. The lowest BCUT2D eigenvalue weighted by molar-refractivity contribution is -0.118. The van der Waals surface area contributed by atoms with Gasteiger partial charge in [0.05, 0.1) is 12.7 Å². The second-order valence-electron chi connectivity index (χ2n) is 9.95. The van der Waals surface area contributed by atoms with Crippen molar-refractivity contribution in [2.24, 2.45) is 5.41 Å². The Bertz CT molecular complexity index is 1490. The number of allylic oxidation sites excluding steroid dienone is 2. The van der Waals surface area contributed by atoms with Crippen LogP contribution in [0, 0.1) is 5.41 Å². The molecule has 8 heteroatoms. The minimum Gasteiger partial charge on any atom is -0.497 e. The average Bonchev–Trinajstić information content (AvgIpc) is 3.29. The highest BCUT2D eigenvalue weighted by molar-refractivity contribution is 6.00. The van der Waals surface area contributed by atoms with Crippen molar-refractivity contribution in [3.63, 3.8) is 0 Å². The van der Waals surface area contributed by atoms with Crippen molar-refractivity contribution >= 4 is 11.4 Å². The van der Waals surface area contributed by atoms with Crippen LogP contribution in [0.3, 0.4) is 0 Å². The Hall–Kier alpha value is -4.20. The average molecular weight is 483 g/mol. The van der Waals surface area contributed by atoms with Gasteiger partial charge in [-0.05, 0) is 35.2 Å². The van der Waals surface area contributed by atoms with Crippen molar-refractivity contribution < 1.29 is 19.0 Å². The van der Waals surface area contributed by atoms with Crippen LogP contribution in [0.4, 0.5) is 0 Å². The summed E-state index contributed by atoms with van der Waals surface area (Å²) in [5.74, 6) is 2.85. The van der Waals surface area contributed by atoms with E-state index in [4.69, 9.17) is 19.2 Å². The molecule has 1 atom stereocenters. The van der Waals surface area contributed by atoms with Gasteiger partial charge in [-0.25, -0.2) is 14.5 Å². The van der Waals surface area contributed by atoms with E-state index in [-0.39, 0.29) is 23.7 Å². The highest BCUT2D eigenvalue weighted by Crippen LogP contribution is 2.50. The van der Waals surface area contributed by atoms with Crippen LogP contribution in [0.15, 0.2) is 72.3 Å². The van der Waals surface area contributed by atoms with Gasteiger partial charge < -0.3 is 14.2 Å². The third-order valence-corrected chi connectivity index (χ3v) is 6.67. The second-order valence-corrected chi connectivity index (χ2v) is 9.95. The SMILES string of the molecule is COc1ccc(C2C3=C(CC(C)(C)CC3=O)Oc3ncn4nc(COc5ccccc5)nc4c32)cc1. The molecule has 0 radical (unpaired) electrons. The Kier molecular flexibility index (Phi) is 5.25. The van der Waals surface area contributed by atoms with Crippen LogP contribution in [0.25, 0.3) is 5.65 Å². The first-order valence-corrected chi connectivity index (χ1v) is 11.9. The number of ketones is 1. The number of para-hydroxylation sites is 1. The van der Waals surface area contributed by atoms with Gasteiger partial charge in [-0.3, -0.25) is 4.79 Å². The summed E-state index contributed by atoms with van der Waals surface area (Å²) < 4.78 is 19.1. The third kappa shape index (κ3) is 3.88. The molecule has 3 heterocycles. The summed E-state index contributed by atoms with van der Waals surface area (Å²) >= 11 is 0. The van der Waals surface area contributed by atoms with E-state index in [0.717, 1.165) is 22.6 Å². The Morgan fingerprint density at radius 2 is 1.83 bits per heavy atom. The maximum atomic E-state index is 13.5. The lowest BCUT2D eigenvalue weighted by Gasteiger charge is -2.37. The fraction of sp³-hybridized carbons (Fsp3) is 0.286. The highest BCUT2D eigenvalue weighted by atomic mass is 16.5. The van der Waals surface area contributed by atoms with Gasteiger partial charge in [0.2, 0.25) is 5.88 Å². The molecule has 0 bridgehead atoms. The van der Waals surface area contributed by atoms with E-state index in [2.05, 4.69) is 23.9 Å². The molecule has 2 aliphatic rings. The fourth-order valence-corrected chi connectivity index (χ4v) is 5.05. The van der Waals surface area contributed by atoms with E-state index in [1.807, 2.05) is 54.6 Å². The first-order chi connectivity index (χ1) is 17.4. The molecule has 8 nitrogen and oxygen atoms in total. The smallest absolute Gasteiger partial charge is 0.228 e. The molecular weight excluding hydrogens is 456 g/mol. The van der Waals surface area contributed by atoms with Crippen LogP contribution in [-0.2, 0) is 11.4 Å². The van der Waals surface area contributed by atoms with Crippen LogP contribution in [0.1, 0.15) is 49.6 Å². The van der Waals surface area contributed by atoms with Crippen molar-refractivity contribution in [3.05, 3.63) is 89.2 Å². The van der Waals surface area contributed by atoms with E-state index in [0.29, 0.717) is 41.5 Å². The van der Waals surface area contributed by atoms with Gasteiger partial charge in [0.15, 0.2) is 17.3 Å². The van der Waals surface area contributed by atoms with Crippen LogP contribution in [0.5, 0.6) is 17.4 Å². The quantitative estimate of drug-likeness (QED) is 0.401. The minimum absolute atomic E-state index is 0.0851. The number of hydrogen-bond donors (Lipinski definition) is 0. The molecule has 4 aromatic rings. The largest absolute Gasteiger partial charge is 0.497 e. The first kappa shape index (κ1) is 22.3. The van der Waals surface area contributed by atoms with Gasteiger partial charge in [0.25, 0.3) is 0 Å². The molecule has 2 aromatic heterocycles. The Balaban J connectivity index is 1.47. The molecule has 2 aromatic carbocycles. The van der Waals surface area contributed by atoms with E-state index >= 15 is 0 Å². The molecule has 1 unspecified atom stereocenters. The maximum absolute atomic E-state index is 13.5. The van der Waals surface area contributed by atoms with Crippen molar-refractivity contribution in [3.8, 4) is 17.4 Å². The molecular formula is C28H26N4O4. The number of carbonyl (C=O) groups is 1.